The van der Waals surface area contributed by atoms with E-state index in [1.165, 1.54) is 6.07 Å². The predicted molar refractivity (Wildman–Crippen MR) is 98.7 cm³/mol. The van der Waals surface area contributed by atoms with Gasteiger partial charge in [0.1, 0.15) is 12.1 Å². The van der Waals surface area contributed by atoms with Crippen molar-refractivity contribution in [1.29, 1.82) is 0 Å². The van der Waals surface area contributed by atoms with E-state index in [1.807, 2.05) is 0 Å². The zero-order valence-corrected chi connectivity index (χ0v) is 16.9. The Balaban J connectivity index is 2.92. The Hall–Kier alpha value is -2.44. The van der Waals surface area contributed by atoms with E-state index in [9.17, 15) is 28.1 Å². The van der Waals surface area contributed by atoms with Crippen LogP contribution in [0.4, 0.5) is 10.5 Å². The van der Waals surface area contributed by atoms with Crippen LogP contribution in [0.3, 0.4) is 0 Å². The molecule has 1 amide bonds. The largest absolute Gasteiger partial charge is 0.480 e. The second-order valence-corrected chi connectivity index (χ2v) is 8.73. The number of nitro benzene ring substituents is 1. The Kier molecular flexibility index (Phi) is 7.73. The molecule has 0 bridgehead atoms. The Labute approximate surface area is 166 Å². The van der Waals surface area contributed by atoms with Crippen LogP contribution in [0.5, 0.6) is 0 Å². The van der Waals surface area contributed by atoms with E-state index < -0.39 is 56.3 Å². The molecule has 0 fully saturated rings. The van der Waals surface area contributed by atoms with Gasteiger partial charge in [-0.1, -0.05) is 11.6 Å². The zero-order valence-electron chi connectivity index (χ0n) is 15.3. The summed E-state index contributed by atoms with van der Waals surface area (Å²) in [5.41, 5.74) is -1.59. The average Bonchev–Trinajstić information content (AvgIpc) is 2.51. The number of carbonyl (C=O) groups excluding carboxylic acids is 1. The van der Waals surface area contributed by atoms with Crippen LogP contribution in [0.1, 0.15) is 20.8 Å². The van der Waals surface area contributed by atoms with Gasteiger partial charge in [-0.05, 0) is 32.9 Å². The van der Waals surface area contributed by atoms with E-state index in [2.05, 4.69) is 4.72 Å². The van der Waals surface area contributed by atoms with Crippen molar-refractivity contribution in [3.63, 3.8) is 0 Å². The van der Waals surface area contributed by atoms with Gasteiger partial charge in [0.2, 0.25) is 10.0 Å². The monoisotopic (exact) mass is 437 g/mol. The van der Waals surface area contributed by atoms with Gasteiger partial charge in [-0.3, -0.25) is 19.8 Å². The van der Waals surface area contributed by atoms with Crippen molar-refractivity contribution < 1.29 is 32.8 Å². The molecule has 13 heteroatoms. The topological polar surface area (TPSA) is 156 Å². The SMILES string of the molecule is CC(C)(C)OC(=O)N(CCNS(=O)(=O)c1ccc(Cl)cc1[N+](=O)[O-])CC(=O)O. The highest BCUT2D eigenvalue weighted by Gasteiger charge is 2.27. The molecule has 0 aliphatic heterocycles. The fraction of sp³-hybridized carbons (Fsp3) is 0.467. The quantitative estimate of drug-likeness (QED) is 0.460. The Morgan fingerprint density at radius 1 is 1.36 bits per heavy atom. The van der Waals surface area contributed by atoms with Crippen LogP contribution >= 0.6 is 11.6 Å². The van der Waals surface area contributed by atoms with Gasteiger partial charge in [0.05, 0.1) is 4.92 Å². The summed E-state index contributed by atoms with van der Waals surface area (Å²) in [6, 6.07) is 3.06. The number of carboxylic acid groups (broad SMARTS) is 1. The summed E-state index contributed by atoms with van der Waals surface area (Å²) >= 11 is 5.66. The third-order valence-corrected chi connectivity index (χ3v) is 4.80. The summed E-state index contributed by atoms with van der Waals surface area (Å²) in [6.07, 6.45) is -0.938. The number of nitro groups is 1. The number of carboxylic acids is 1. The highest BCUT2D eigenvalue weighted by molar-refractivity contribution is 7.89. The van der Waals surface area contributed by atoms with Crippen molar-refractivity contribution in [3.8, 4) is 0 Å². The molecule has 28 heavy (non-hydrogen) atoms. The van der Waals surface area contributed by atoms with Gasteiger partial charge in [-0.25, -0.2) is 17.9 Å². The van der Waals surface area contributed by atoms with Crippen molar-refractivity contribution in [2.45, 2.75) is 31.3 Å². The number of carbonyl (C=O) groups is 2. The molecule has 0 atom stereocenters. The molecule has 0 aromatic heterocycles. The van der Waals surface area contributed by atoms with E-state index in [-0.39, 0.29) is 11.6 Å². The zero-order chi connectivity index (χ0) is 21.7. The van der Waals surface area contributed by atoms with Crippen molar-refractivity contribution in [2.24, 2.45) is 0 Å². The normalized spacial score (nSPS) is 11.7. The molecule has 2 N–H and O–H groups in total. The van der Waals surface area contributed by atoms with Crippen molar-refractivity contribution in [2.75, 3.05) is 19.6 Å². The number of nitrogens with one attached hydrogen (secondary N) is 1. The number of hydrogen-bond donors (Lipinski definition) is 2. The maximum absolute atomic E-state index is 12.4. The Morgan fingerprint density at radius 2 is 1.96 bits per heavy atom. The predicted octanol–water partition coefficient (Wildman–Crippen LogP) is 1.85. The molecule has 0 radical (unpaired) electrons. The van der Waals surface area contributed by atoms with E-state index in [0.29, 0.717) is 0 Å². The molecule has 0 aliphatic carbocycles. The molecule has 0 heterocycles. The number of sulfonamides is 1. The Morgan fingerprint density at radius 3 is 2.46 bits per heavy atom. The number of rotatable bonds is 8. The third kappa shape index (κ3) is 7.29. The second kappa shape index (κ2) is 9.17. The fourth-order valence-electron chi connectivity index (χ4n) is 1.98. The minimum absolute atomic E-state index is 0.0109. The third-order valence-electron chi connectivity index (χ3n) is 3.06. The molecular weight excluding hydrogens is 418 g/mol. The molecule has 0 saturated heterocycles. The molecular formula is C15H20ClN3O8S. The van der Waals surface area contributed by atoms with E-state index in [0.717, 1.165) is 17.0 Å². The molecule has 11 nitrogen and oxygen atoms in total. The lowest BCUT2D eigenvalue weighted by molar-refractivity contribution is -0.387. The second-order valence-electron chi connectivity index (χ2n) is 6.56. The molecule has 0 unspecified atom stereocenters. The van der Waals surface area contributed by atoms with Crippen LogP contribution < -0.4 is 4.72 Å². The molecule has 156 valence electrons. The summed E-state index contributed by atoms with van der Waals surface area (Å²) < 4.78 is 31.9. The summed E-state index contributed by atoms with van der Waals surface area (Å²) in [6.45, 7) is 3.33. The minimum atomic E-state index is -4.31. The van der Waals surface area contributed by atoms with Crippen molar-refractivity contribution >= 4 is 39.4 Å². The van der Waals surface area contributed by atoms with E-state index in [1.54, 1.807) is 20.8 Å². The highest BCUT2D eigenvalue weighted by Crippen LogP contribution is 2.26. The number of ether oxygens (including phenoxy) is 1. The van der Waals surface area contributed by atoms with Gasteiger partial charge in [0.25, 0.3) is 5.69 Å². The first kappa shape index (κ1) is 23.6. The fourth-order valence-corrected chi connectivity index (χ4v) is 3.32. The maximum Gasteiger partial charge on any atom is 0.410 e. The standard InChI is InChI=1S/C15H20ClN3O8S/c1-15(2,3)27-14(22)18(9-13(20)21)7-6-17-28(25,26)12-5-4-10(16)8-11(12)19(23)24/h4-5,8,17H,6-7,9H2,1-3H3,(H,20,21). The molecule has 0 saturated carbocycles. The van der Waals surface area contributed by atoms with Gasteiger partial charge >= 0.3 is 12.1 Å². The van der Waals surface area contributed by atoms with Crippen LogP contribution in [-0.2, 0) is 19.6 Å². The lowest BCUT2D eigenvalue weighted by atomic mass is 10.2. The number of hydrogen-bond acceptors (Lipinski definition) is 7. The number of halogens is 1. The van der Waals surface area contributed by atoms with Crippen LogP contribution in [-0.4, -0.2) is 60.6 Å². The van der Waals surface area contributed by atoms with E-state index in [4.69, 9.17) is 21.4 Å². The molecule has 0 spiro atoms. The summed E-state index contributed by atoms with van der Waals surface area (Å²) in [4.78, 5) is 33.4. The van der Waals surface area contributed by atoms with Gasteiger partial charge < -0.3 is 9.84 Å². The molecule has 1 aromatic rings. The summed E-state index contributed by atoms with van der Waals surface area (Å²) in [5, 5.41) is 20.0. The van der Waals surface area contributed by atoms with Crippen LogP contribution in [0.2, 0.25) is 5.02 Å². The Bertz CT molecular complexity index is 867. The van der Waals surface area contributed by atoms with Gasteiger partial charge in [0, 0.05) is 24.2 Å². The van der Waals surface area contributed by atoms with Gasteiger partial charge in [0.15, 0.2) is 4.90 Å². The molecule has 0 aliphatic rings. The van der Waals surface area contributed by atoms with Gasteiger partial charge in [-0.2, -0.15) is 0 Å². The minimum Gasteiger partial charge on any atom is -0.480 e. The van der Waals surface area contributed by atoms with Crippen molar-refractivity contribution in [3.05, 3.63) is 33.3 Å². The van der Waals surface area contributed by atoms with Gasteiger partial charge in [-0.15, -0.1) is 0 Å². The number of nitrogens with zero attached hydrogens (tertiary/aromatic N) is 2. The number of aliphatic carboxylic acids is 1. The first-order valence-corrected chi connectivity index (χ1v) is 9.72. The molecule has 1 rings (SSSR count). The molecule has 1 aromatic carbocycles. The number of amides is 1. The first-order valence-electron chi connectivity index (χ1n) is 7.86. The average molecular weight is 438 g/mol. The van der Waals surface area contributed by atoms with Crippen LogP contribution in [0.25, 0.3) is 0 Å². The smallest absolute Gasteiger partial charge is 0.410 e. The van der Waals surface area contributed by atoms with Crippen molar-refractivity contribution in [1.82, 2.24) is 9.62 Å². The van der Waals surface area contributed by atoms with Crippen LogP contribution in [0.15, 0.2) is 23.1 Å². The highest BCUT2D eigenvalue weighted by atomic mass is 35.5. The lowest BCUT2D eigenvalue weighted by Gasteiger charge is -2.26. The van der Waals surface area contributed by atoms with E-state index >= 15 is 0 Å². The maximum atomic E-state index is 12.4. The lowest BCUT2D eigenvalue weighted by Crippen LogP contribution is -2.43. The summed E-state index contributed by atoms with van der Waals surface area (Å²) in [7, 11) is -4.31. The number of benzene rings is 1. The van der Waals surface area contributed by atoms with Crippen LogP contribution in [0, 0.1) is 10.1 Å². The first-order chi connectivity index (χ1) is 12.7. The summed E-state index contributed by atoms with van der Waals surface area (Å²) in [5.74, 6) is -1.32.